The van der Waals surface area contributed by atoms with Crippen LogP contribution in [0.1, 0.15) is 0 Å². The molecular weight excluding hydrogens is 331 g/mol. The van der Waals surface area contributed by atoms with Gasteiger partial charge in [-0.25, -0.2) is 0 Å². The van der Waals surface area contributed by atoms with Gasteiger partial charge in [0.25, 0.3) is 0 Å². The normalized spacial score (nSPS) is 11.9. The lowest BCUT2D eigenvalue weighted by molar-refractivity contribution is -0.113. The zero-order valence-corrected chi connectivity index (χ0v) is 13.1. The monoisotopic (exact) mass is 342 g/mol. The second-order valence-corrected chi connectivity index (χ2v) is 6.52. The molecule has 7 heteroatoms. The zero-order valence-electron chi connectivity index (χ0n) is 10.8. The summed E-state index contributed by atoms with van der Waals surface area (Å²) in [6, 6.07) is 11.3. The minimum absolute atomic E-state index is 0.164. The average molecular weight is 343 g/mol. The summed E-state index contributed by atoms with van der Waals surface area (Å²) in [7, 11) is -1.49. The molecule has 2 rings (SSSR count). The summed E-state index contributed by atoms with van der Waals surface area (Å²) < 4.78 is 12.1. The van der Waals surface area contributed by atoms with Crippen LogP contribution in [0.5, 0.6) is 0 Å². The molecular formula is C14H12Cl2N2O2S. The smallest absolute Gasteiger partial charge is 0.237 e. The van der Waals surface area contributed by atoms with E-state index in [1.54, 1.807) is 36.4 Å². The number of hydrogen-bond donors (Lipinski definition) is 2. The van der Waals surface area contributed by atoms with Crippen LogP contribution < -0.4 is 11.1 Å². The second kappa shape index (κ2) is 6.93. The summed E-state index contributed by atoms with van der Waals surface area (Å²) in [6.45, 7) is 0. The van der Waals surface area contributed by atoms with E-state index in [2.05, 4.69) is 5.32 Å². The maximum atomic E-state index is 12.1. The zero-order chi connectivity index (χ0) is 15.4. The summed E-state index contributed by atoms with van der Waals surface area (Å²) in [6.07, 6.45) is 0. The molecule has 0 aromatic heterocycles. The Kier molecular flexibility index (Phi) is 5.22. The quantitative estimate of drug-likeness (QED) is 0.837. The molecule has 2 aromatic carbocycles. The minimum atomic E-state index is -1.49. The van der Waals surface area contributed by atoms with Crippen molar-refractivity contribution in [1.82, 2.24) is 0 Å². The number of nitrogens with one attached hydrogen (secondary N) is 1. The summed E-state index contributed by atoms with van der Waals surface area (Å²) in [5.41, 5.74) is 6.58. The third kappa shape index (κ3) is 4.46. The van der Waals surface area contributed by atoms with Gasteiger partial charge in [0.15, 0.2) is 0 Å². The lowest BCUT2D eigenvalue weighted by Crippen LogP contribution is -2.19. The van der Waals surface area contributed by atoms with Gasteiger partial charge >= 0.3 is 0 Å². The first-order valence-electron chi connectivity index (χ1n) is 5.94. The van der Waals surface area contributed by atoms with Crippen molar-refractivity contribution in [3.05, 3.63) is 52.5 Å². The molecule has 0 saturated heterocycles. The molecule has 1 amide bonds. The van der Waals surface area contributed by atoms with Crippen LogP contribution in [0.3, 0.4) is 0 Å². The molecule has 0 aliphatic rings. The SMILES string of the molecule is Nc1ccc(S(=O)CC(=O)Nc2ccc(Cl)cc2)cc1Cl. The van der Waals surface area contributed by atoms with Crippen molar-refractivity contribution < 1.29 is 9.00 Å². The fraction of sp³-hybridized carbons (Fsp3) is 0.0714. The summed E-state index contributed by atoms with van der Waals surface area (Å²) >= 11 is 11.6. The average Bonchev–Trinajstić information content (AvgIpc) is 2.44. The Morgan fingerprint density at radius 3 is 2.43 bits per heavy atom. The van der Waals surface area contributed by atoms with Crippen LogP contribution in [-0.4, -0.2) is 15.9 Å². The Balaban J connectivity index is 2.00. The number of carbonyl (C=O) groups is 1. The van der Waals surface area contributed by atoms with E-state index < -0.39 is 10.8 Å². The molecule has 0 aliphatic carbocycles. The van der Waals surface area contributed by atoms with E-state index in [0.717, 1.165) is 0 Å². The molecule has 1 unspecified atom stereocenters. The van der Waals surface area contributed by atoms with Crippen LogP contribution in [0.2, 0.25) is 10.0 Å². The van der Waals surface area contributed by atoms with Gasteiger partial charge in [0.05, 0.1) is 21.5 Å². The summed E-state index contributed by atoms with van der Waals surface area (Å²) in [5, 5.41) is 3.54. The fourth-order valence-electron chi connectivity index (χ4n) is 1.58. The van der Waals surface area contributed by atoms with E-state index in [4.69, 9.17) is 28.9 Å². The molecule has 2 aromatic rings. The topological polar surface area (TPSA) is 72.2 Å². The number of carbonyl (C=O) groups excluding carboxylic acids is 1. The number of rotatable bonds is 4. The molecule has 3 N–H and O–H groups in total. The van der Waals surface area contributed by atoms with Crippen molar-refractivity contribution in [3.8, 4) is 0 Å². The van der Waals surface area contributed by atoms with Gasteiger partial charge in [-0.05, 0) is 42.5 Å². The van der Waals surface area contributed by atoms with Gasteiger partial charge in [-0.2, -0.15) is 0 Å². The molecule has 0 aliphatic heterocycles. The van der Waals surface area contributed by atoms with Crippen LogP contribution in [0, 0.1) is 0 Å². The lowest BCUT2D eigenvalue weighted by atomic mass is 10.3. The van der Waals surface area contributed by atoms with Crippen molar-refractivity contribution in [1.29, 1.82) is 0 Å². The summed E-state index contributed by atoms with van der Waals surface area (Å²) in [5.74, 6) is -0.522. The highest BCUT2D eigenvalue weighted by Crippen LogP contribution is 2.21. The molecule has 0 heterocycles. The number of nitrogen functional groups attached to an aromatic ring is 1. The van der Waals surface area contributed by atoms with E-state index in [1.807, 2.05) is 0 Å². The van der Waals surface area contributed by atoms with Crippen molar-refractivity contribution in [2.75, 3.05) is 16.8 Å². The number of amides is 1. The van der Waals surface area contributed by atoms with Gasteiger partial charge in [0.2, 0.25) is 5.91 Å². The number of nitrogens with two attached hydrogens (primary N) is 1. The van der Waals surface area contributed by atoms with E-state index >= 15 is 0 Å². The van der Waals surface area contributed by atoms with E-state index in [-0.39, 0.29) is 11.7 Å². The molecule has 4 nitrogen and oxygen atoms in total. The highest BCUT2D eigenvalue weighted by molar-refractivity contribution is 7.85. The molecule has 0 bridgehead atoms. The first-order chi connectivity index (χ1) is 9.95. The Morgan fingerprint density at radius 1 is 1.14 bits per heavy atom. The molecule has 21 heavy (non-hydrogen) atoms. The van der Waals surface area contributed by atoms with Gasteiger partial charge < -0.3 is 11.1 Å². The Bertz CT molecular complexity index is 690. The second-order valence-electron chi connectivity index (χ2n) is 4.23. The Labute approximate surface area is 134 Å². The Morgan fingerprint density at radius 2 is 1.81 bits per heavy atom. The first kappa shape index (κ1) is 15.8. The van der Waals surface area contributed by atoms with E-state index in [1.165, 1.54) is 6.07 Å². The molecule has 0 saturated carbocycles. The molecule has 1 atom stereocenters. The molecule has 110 valence electrons. The number of hydrogen-bond acceptors (Lipinski definition) is 3. The van der Waals surface area contributed by atoms with E-state index in [9.17, 15) is 9.00 Å². The molecule has 0 spiro atoms. The summed E-state index contributed by atoms with van der Waals surface area (Å²) in [4.78, 5) is 12.3. The van der Waals surface area contributed by atoms with Crippen molar-refractivity contribution in [3.63, 3.8) is 0 Å². The van der Waals surface area contributed by atoms with Crippen LogP contribution >= 0.6 is 23.2 Å². The van der Waals surface area contributed by atoms with Crippen LogP contribution in [0.15, 0.2) is 47.4 Å². The maximum Gasteiger partial charge on any atom is 0.237 e. The minimum Gasteiger partial charge on any atom is -0.398 e. The van der Waals surface area contributed by atoms with Crippen molar-refractivity contribution >= 4 is 51.3 Å². The Hall–Kier alpha value is -1.56. The standard InChI is InChI=1S/C14H12Cl2N2O2S/c15-9-1-3-10(4-2-9)18-14(19)8-21(20)11-5-6-13(17)12(16)7-11/h1-7H,8,17H2,(H,18,19). The first-order valence-corrected chi connectivity index (χ1v) is 8.02. The number of benzene rings is 2. The predicted octanol–water partition coefficient (Wildman–Crippen LogP) is 3.32. The third-order valence-electron chi connectivity index (χ3n) is 2.62. The largest absolute Gasteiger partial charge is 0.398 e. The molecule has 0 fully saturated rings. The van der Waals surface area contributed by atoms with Gasteiger partial charge in [0, 0.05) is 15.6 Å². The number of halogens is 2. The third-order valence-corrected chi connectivity index (χ3v) is 4.51. The highest BCUT2D eigenvalue weighted by atomic mass is 35.5. The fourth-order valence-corrected chi connectivity index (χ4v) is 2.90. The van der Waals surface area contributed by atoms with Crippen LogP contribution in [0.25, 0.3) is 0 Å². The number of anilines is 2. The van der Waals surface area contributed by atoms with Gasteiger partial charge in [0.1, 0.15) is 5.75 Å². The maximum absolute atomic E-state index is 12.1. The predicted molar refractivity (Wildman–Crippen MR) is 87.2 cm³/mol. The van der Waals surface area contributed by atoms with Gasteiger partial charge in [-0.15, -0.1) is 0 Å². The van der Waals surface area contributed by atoms with Crippen LogP contribution in [-0.2, 0) is 15.6 Å². The van der Waals surface area contributed by atoms with Gasteiger partial charge in [-0.1, -0.05) is 23.2 Å². The lowest BCUT2D eigenvalue weighted by Gasteiger charge is -2.06. The van der Waals surface area contributed by atoms with E-state index in [0.29, 0.717) is 26.3 Å². The van der Waals surface area contributed by atoms with Crippen molar-refractivity contribution in [2.24, 2.45) is 0 Å². The van der Waals surface area contributed by atoms with Gasteiger partial charge in [-0.3, -0.25) is 9.00 Å². The molecule has 0 radical (unpaired) electrons. The highest BCUT2D eigenvalue weighted by Gasteiger charge is 2.11. The van der Waals surface area contributed by atoms with Crippen molar-refractivity contribution in [2.45, 2.75) is 4.90 Å². The van der Waals surface area contributed by atoms with Crippen LogP contribution in [0.4, 0.5) is 11.4 Å².